The summed E-state index contributed by atoms with van der Waals surface area (Å²) in [7, 11) is 0. The molecule has 0 aromatic carbocycles. The molecule has 3 N–H and O–H groups in total. The number of hydrogen-bond donors (Lipinski definition) is 2. The van der Waals surface area contributed by atoms with Crippen LogP contribution in [0.25, 0.3) is 0 Å². The summed E-state index contributed by atoms with van der Waals surface area (Å²) in [6, 6.07) is -0.0368. The van der Waals surface area contributed by atoms with Crippen LogP contribution in [0.5, 0.6) is 0 Å². The van der Waals surface area contributed by atoms with Gasteiger partial charge in [0.1, 0.15) is 5.60 Å². The van der Waals surface area contributed by atoms with Gasteiger partial charge in [-0.3, -0.25) is 4.79 Å². The minimum absolute atomic E-state index is 0.0368. The number of likely N-dealkylation sites (tertiary alicyclic amines) is 1. The van der Waals surface area contributed by atoms with Crippen LogP contribution in [0.2, 0.25) is 0 Å². The summed E-state index contributed by atoms with van der Waals surface area (Å²) in [6.45, 7) is 6.94. The number of carbonyl (C=O) groups excluding carboxylic acids is 1. The average Bonchev–Trinajstić information content (AvgIpc) is 2.12. The Morgan fingerprint density at radius 3 is 2.50 bits per heavy atom. The monoisotopic (exact) mass is 228 g/mol. The highest BCUT2D eigenvalue weighted by Gasteiger charge is 2.45. The van der Waals surface area contributed by atoms with Crippen molar-refractivity contribution in [1.29, 1.82) is 0 Å². The fourth-order valence-corrected chi connectivity index (χ4v) is 1.98. The van der Waals surface area contributed by atoms with Crippen molar-refractivity contribution in [3.8, 4) is 0 Å². The molecule has 1 amide bonds. The van der Waals surface area contributed by atoms with E-state index >= 15 is 0 Å². The third-order valence-corrected chi connectivity index (χ3v) is 3.45. The predicted molar refractivity (Wildman–Crippen MR) is 63.9 cm³/mol. The minimum atomic E-state index is -0.676. The molecular weight excluding hydrogens is 204 g/mol. The lowest BCUT2D eigenvalue weighted by atomic mass is 9.82. The van der Waals surface area contributed by atoms with Crippen LogP contribution < -0.4 is 5.73 Å². The number of rotatable bonds is 5. The zero-order valence-electron chi connectivity index (χ0n) is 10.6. The highest BCUT2D eigenvalue weighted by atomic mass is 16.3. The number of nitrogens with two attached hydrogens (primary N) is 1. The second-order valence-corrected chi connectivity index (χ2v) is 5.26. The molecule has 0 saturated carbocycles. The lowest BCUT2D eigenvalue weighted by Crippen LogP contribution is -2.66. The standard InChI is InChI=1S/C12H24N2O2/c1-4-5-10(13)6-11(15)14-7-12(16,8-14)9(2)3/h9-10,16H,4-8,13H2,1-3H3. The molecule has 16 heavy (non-hydrogen) atoms. The Morgan fingerprint density at radius 2 is 2.06 bits per heavy atom. The molecule has 0 spiro atoms. The van der Waals surface area contributed by atoms with Crippen molar-refractivity contribution in [1.82, 2.24) is 4.90 Å². The van der Waals surface area contributed by atoms with E-state index in [1.54, 1.807) is 4.90 Å². The van der Waals surface area contributed by atoms with E-state index in [4.69, 9.17) is 5.73 Å². The molecule has 1 aliphatic heterocycles. The van der Waals surface area contributed by atoms with Crippen LogP contribution in [0.15, 0.2) is 0 Å². The largest absolute Gasteiger partial charge is 0.386 e. The quantitative estimate of drug-likeness (QED) is 0.729. The van der Waals surface area contributed by atoms with E-state index < -0.39 is 5.60 Å². The van der Waals surface area contributed by atoms with Gasteiger partial charge in [-0.05, 0) is 12.3 Å². The van der Waals surface area contributed by atoms with E-state index in [1.165, 1.54) is 0 Å². The van der Waals surface area contributed by atoms with Crippen molar-refractivity contribution < 1.29 is 9.90 Å². The van der Waals surface area contributed by atoms with Crippen LogP contribution in [0.3, 0.4) is 0 Å². The maximum absolute atomic E-state index is 11.8. The molecule has 0 aromatic heterocycles. The van der Waals surface area contributed by atoms with Gasteiger partial charge in [0.25, 0.3) is 0 Å². The van der Waals surface area contributed by atoms with Crippen molar-refractivity contribution in [3.05, 3.63) is 0 Å². The van der Waals surface area contributed by atoms with Gasteiger partial charge in [-0.2, -0.15) is 0 Å². The number of β-amino-alcohol motifs (C(OH)–C–C–N with tert-alkyl or cyclic N) is 1. The van der Waals surface area contributed by atoms with Gasteiger partial charge in [-0.25, -0.2) is 0 Å². The Hall–Kier alpha value is -0.610. The summed E-state index contributed by atoms with van der Waals surface area (Å²) >= 11 is 0. The Bertz CT molecular complexity index is 247. The van der Waals surface area contributed by atoms with Gasteiger partial charge in [-0.1, -0.05) is 27.2 Å². The summed E-state index contributed by atoms with van der Waals surface area (Å²) in [5, 5.41) is 10.0. The number of aliphatic hydroxyl groups is 1. The Balaban J connectivity index is 2.32. The fraction of sp³-hybridized carbons (Fsp3) is 0.917. The first-order chi connectivity index (χ1) is 7.39. The van der Waals surface area contributed by atoms with E-state index in [1.807, 2.05) is 13.8 Å². The third kappa shape index (κ3) is 2.95. The first-order valence-corrected chi connectivity index (χ1v) is 6.14. The maximum atomic E-state index is 11.8. The van der Waals surface area contributed by atoms with Crippen LogP contribution >= 0.6 is 0 Å². The number of nitrogens with zero attached hydrogens (tertiary/aromatic N) is 1. The van der Waals surface area contributed by atoms with Crippen molar-refractivity contribution >= 4 is 5.91 Å². The van der Waals surface area contributed by atoms with Gasteiger partial charge in [-0.15, -0.1) is 0 Å². The summed E-state index contributed by atoms with van der Waals surface area (Å²) in [5.41, 5.74) is 5.14. The van der Waals surface area contributed by atoms with E-state index in [-0.39, 0.29) is 17.9 Å². The molecule has 1 fully saturated rings. The molecule has 1 unspecified atom stereocenters. The molecule has 1 rings (SSSR count). The van der Waals surface area contributed by atoms with Crippen LogP contribution in [0.4, 0.5) is 0 Å². The van der Waals surface area contributed by atoms with Crippen molar-refractivity contribution in [3.63, 3.8) is 0 Å². The van der Waals surface area contributed by atoms with E-state index in [0.29, 0.717) is 19.5 Å². The summed E-state index contributed by atoms with van der Waals surface area (Å²) in [6.07, 6.45) is 2.29. The normalized spacial score (nSPS) is 20.8. The first kappa shape index (κ1) is 13.5. The second kappa shape index (κ2) is 5.15. The van der Waals surface area contributed by atoms with E-state index in [2.05, 4.69) is 6.92 Å². The topological polar surface area (TPSA) is 66.6 Å². The van der Waals surface area contributed by atoms with Crippen LogP contribution in [-0.2, 0) is 4.79 Å². The summed E-state index contributed by atoms with van der Waals surface area (Å²) < 4.78 is 0. The highest BCUT2D eigenvalue weighted by molar-refractivity contribution is 5.78. The molecule has 94 valence electrons. The smallest absolute Gasteiger partial charge is 0.224 e. The molecule has 1 saturated heterocycles. The molecule has 0 aliphatic carbocycles. The van der Waals surface area contributed by atoms with E-state index in [9.17, 15) is 9.90 Å². The SMILES string of the molecule is CCCC(N)CC(=O)N1CC(O)(C(C)C)C1. The zero-order chi connectivity index (χ0) is 12.3. The lowest BCUT2D eigenvalue weighted by molar-refractivity contribution is -0.164. The zero-order valence-corrected chi connectivity index (χ0v) is 10.6. The summed E-state index contributed by atoms with van der Waals surface area (Å²) in [4.78, 5) is 13.5. The predicted octanol–water partition coefficient (Wildman–Crippen LogP) is 0.733. The molecule has 0 aromatic rings. The Labute approximate surface area is 97.8 Å². The summed E-state index contributed by atoms with van der Waals surface area (Å²) in [5.74, 6) is 0.271. The number of carbonyl (C=O) groups is 1. The Morgan fingerprint density at radius 1 is 1.50 bits per heavy atom. The van der Waals surface area contributed by atoms with Gasteiger partial charge in [0.15, 0.2) is 0 Å². The van der Waals surface area contributed by atoms with Crippen molar-refractivity contribution in [2.24, 2.45) is 11.7 Å². The van der Waals surface area contributed by atoms with Gasteiger partial charge in [0.05, 0.1) is 13.1 Å². The van der Waals surface area contributed by atoms with Gasteiger partial charge >= 0.3 is 0 Å². The molecule has 0 radical (unpaired) electrons. The number of hydrogen-bond acceptors (Lipinski definition) is 3. The second-order valence-electron chi connectivity index (χ2n) is 5.26. The van der Waals surface area contributed by atoms with Gasteiger partial charge in [0.2, 0.25) is 5.91 Å². The number of amides is 1. The maximum Gasteiger partial charge on any atom is 0.224 e. The highest BCUT2D eigenvalue weighted by Crippen LogP contribution is 2.29. The third-order valence-electron chi connectivity index (χ3n) is 3.45. The van der Waals surface area contributed by atoms with Crippen LogP contribution in [-0.4, -0.2) is 40.6 Å². The molecule has 1 atom stereocenters. The molecule has 4 nitrogen and oxygen atoms in total. The van der Waals surface area contributed by atoms with Gasteiger partial charge < -0.3 is 15.7 Å². The minimum Gasteiger partial charge on any atom is -0.386 e. The lowest BCUT2D eigenvalue weighted by Gasteiger charge is -2.49. The molecule has 4 heteroatoms. The van der Waals surface area contributed by atoms with Crippen molar-refractivity contribution in [2.75, 3.05) is 13.1 Å². The van der Waals surface area contributed by atoms with E-state index in [0.717, 1.165) is 12.8 Å². The first-order valence-electron chi connectivity index (χ1n) is 6.14. The van der Waals surface area contributed by atoms with Crippen molar-refractivity contribution in [2.45, 2.75) is 51.7 Å². The van der Waals surface area contributed by atoms with Gasteiger partial charge in [0, 0.05) is 12.5 Å². The Kier molecular flexibility index (Phi) is 4.33. The molecule has 1 aliphatic rings. The van der Waals surface area contributed by atoms with Crippen LogP contribution in [0.1, 0.15) is 40.0 Å². The van der Waals surface area contributed by atoms with Crippen LogP contribution in [0, 0.1) is 5.92 Å². The molecule has 1 heterocycles. The molecule has 0 bridgehead atoms. The fourth-order valence-electron chi connectivity index (χ4n) is 1.98. The molecular formula is C12H24N2O2. The average molecular weight is 228 g/mol.